The highest BCUT2D eigenvalue weighted by Crippen LogP contribution is 2.30. The molecule has 0 saturated carbocycles. The van der Waals surface area contributed by atoms with Crippen LogP contribution in [0.1, 0.15) is 11.1 Å². The fourth-order valence-electron chi connectivity index (χ4n) is 3.57. The summed E-state index contributed by atoms with van der Waals surface area (Å²) in [5.74, 6) is 0.331. The van der Waals surface area contributed by atoms with Gasteiger partial charge in [-0.2, -0.15) is 0 Å². The van der Waals surface area contributed by atoms with Crippen molar-refractivity contribution in [2.24, 2.45) is 0 Å². The van der Waals surface area contributed by atoms with Crippen molar-refractivity contribution in [3.05, 3.63) is 101 Å². The lowest BCUT2D eigenvalue weighted by molar-refractivity contribution is 0.626. The molecule has 0 unspecified atom stereocenters. The van der Waals surface area contributed by atoms with Crippen LogP contribution in [-0.4, -0.2) is 19.7 Å². The molecule has 0 aliphatic heterocycles. The molecule has 0 aliphatic rings. The molecular weight excluding hydrogens is 409 g/mol. The molecule has 0 radical (unpaired) electrons. The number of hydrogen-bond donors (Lipinski definition) is 0. The first-order chi connectivity index (χ1) is 15.2. The van der Waals surface area contributed by atoms with Gasteiger partial charge < -0.3 is 4.57 Å². The van der Waals surface area contributed by atoms with Crippen molar-refractivity contribution >= 4 is 39.5 Å². The number of rotatable bonds is 5. The number of hydrogen-bond acceptors (Lipinski definition) is 4. The molecule has 0 spiro atoms. The second-order valence-corrected chi connectivity index (χ2v) is 7.97. The molecule has 0 bridgehead atoms. The summed E-state index contributed by atoms with van der Waals surface area (Å²) in [4.78, 5) is 8.38. The fourth-order valence-corrected chi connectivity index (χ4v) is 4.35. The van der Waals surface area contributed by atoms with Crippen LogP contribution in [0.3, 0.4) is 0 Å². The summed E-state index contributed by atoms with van der Waals surface area (Å²) in [6.07, 6.45) is 0. The Kier molecular flexibility index (Phi) is 5.06. The summed E-state index contributed by atoms with van der Waals surface area (Å²) in [6, 6.07) is 22.0. The van der Waals surface area contributed by atoms with E-state index in [2.05, 4.69) is 19.6 Å². The molecule has 0 amide bonds. The Balaban J connectivity index is 1.54. The molecule has 0 fully saturated rings. The number of thioether (sulfide) groups is 1. The third kappa shape index (κ3) is 3.74. The van der Waals surface area contributed by atoms with Crippen LogP contribution in [0.2, 0.25) is 0 Å². The number of fused-ring (bicyclic) bond motifs is 3. The lowest BCUT2D eigenvalue weighted by atomic mass is 10.2. The third-order valence-corrected chi connectivity index (χ3v) is 5.96. The average Bonchev–Trinajstić information content (AvgIpc) is 3.12. The van der Waals surface area contributed by atoms with Crippen molar-refractivity contribution in [2.75, 3.05) is 0 Å². The van der Waals surface area contributed by atoms with E-state index in [0.717, 1.165) is 33.2 Å². The van der Waals surface area contributed by atoms with Crippen molar-refractivity contribution in [3.63, 3.8) is 0 Å². The van der Waals surface area contributed by atoms with Gasteiger partial charge in [-0.1, -0.05) is 66.4 Å². The molecule has 0 saturated heterocycles. The SMILES string of the molecule is [C-]#[N+]c1ccccc1CSc1nnc2c3ccccc3n(Cc3ccc(F)cc3)c2n1. The van der Waals surface area contributed by atoms with Gasteiger partial charge in [-0.15, -0.1) is 10.2 Å². The zero-order valence-corrected chi connectivity index (χ0v) is 17.2. The standard InChI is InChI=1S/C24H16FN5S/c1-26-20-8-4-2-6-17(20)15-31-24-27-23-22(28-29-24)19-7-3-5-9-21(19)30(23)14-16-10-12-18(25)13-11-16/h2-13H,14-15H2. The normalized spacial score (nSPS) is 11.1. The first kappa shape index (κ1) is 19.2. The van der Waals surface area contributed by atoms with Gasteiger partial charge in [0.1, 0.15) is 11.3 Å². The van der Waals surface area contributed by atoms with Crippen molar-refractivity contribution < 1.29 is 4.39 Å². The van der Waals surface area contributed by atoms with Gasteiger partial charge in [0, 0.05) is 17.7 Å². The van der Waals surface area contributed by atoms with Crippen molar-refractivity contribution in [2.45, 2.75) is 17.5 Å². The molecular formula is C24H16FN5S. The largest absolute Gasteiger partial charge is 0.319 e. The Morgan fingerprint density at radius 1 is 0.935 bits per heavy atom. The Hall–Kier alpha value is -3.76. The number of para-hydroxylation sites is 2. The lowest BCUT2D eigenvalue weighted by Gasteiger charge is -2.07. The Bertz CT molecular complexity index is 1440. The van der Waals surface area contributed by atoms with Gasteiger partial charge in [0.15, 0.2) is 11.3 Å². The fraction of sp³-hybridized carbons (Fsp3) is 0.0833. The van der Waals surface area contributed by atoms with Crippen molar-refractivity contribution in [3.8, 4) is 0 Å². The van der Waals surface area contributed by atoms with Gasteiger partial charge >= 0.3 is 0 Å². The van der Waals surface area contributed by atoms with E-state index in [9.17, 15) is 4.39 Å². The number of nitrogens with zero attached hydrogens (tertiary/aromatic N) is 5. The van der Waals surface area contributed by atoms with Crippen LogP contribution in [0.4, 0.5) is 10.1 Å². The molecule has 5 aromatic rings. The maximum Gasteiger partial charge on any atom is 0.211 e. The molecule has 7 heteroatoms. The molecule has 31 heavy (non-hydrogen) atoms. The summed E-state index contributed by atoms with van der Waals surface area (Å²) < 4.78 is 15.4. The molecule has 0 aliphatic carbocycles. The summed E-state index contributed by atoms with van der Waals surface area (Å²) in [7, 11) is 0. The highest BCUT2D eigenvalue weighted by atomic mass is 32.2. The van der Waals surface area contributed by atoms with Crippen LogP contribution in [0, 0.1) is 12.4 Å². The number of benzene rings is 3. The summed E-state index contributed by atoms with van der Waals surface area (Å²) in [6.45, 7) is 7.88. The Morgan fingerprint density at radius 2 is 1.71 bits per heavy atom. The smallest absolute Gasteiger partial charge is 0.211 e. The zero-order chi connectivity index (χ0) is 21.2. The maximum atomic E-state index is 13.3. The molecule has 5 nitrogen and oxygen atoms in total. The van der Waals surface area contributed by atoms with E-state index >= 15 is 0 Å². The summed E-state index contributed by atoms with van der Waals surface area (Å²) >= 11 is 1.45. The molecule has 2 aromatic heterocycles. The topological polar surface area (TPSA) is 48.0 Å². The molecule has 2 heterocycles. The molecule has 3 aromatic carbocycles. The predicted octanol–water partition coefficient (Wildman–Crippen LogP) is 6.01. The minimum absolute atomic E-state index is 0.256. The van der Waals surface area contributed by atoms with Gasteiger partial charge in [0.05, 0.1) is 12.1 Å². The van der Waals surface area contributed by atoms with E-state index in [1.165, 1.54) is 23.9 Å². The van der Waals surface area contributed by atoms with Crippen LogP contribution >= 0.6 is 11.8 Å². The lowest BCUT2D eigenvalue weighted by Crippen LogP contribution is -2.02. The van der Waals surface area contributed by atoms with E-state index in [1.54, 1.807) is 12.1 Å². The first-order valence-electron chi connectivity index (χ1n) is 9.67. The van der Waals surface area contributed by atoms with Crippen LogP contribution in [-0.2, 0) is 12.3 Å². The van der Waals surface area contributed by atoms with Crippen LogP contribution in [0.15, 0.2) is 78.0 Å². The van der Waals surface area contributed by atoms with Crippen LogP contribution in [0.5, 0.6) is 0 Å². The monoisotopic (exact) mass is 425 g/mol. The predicted molar refractivity (Wildman–Crippen MR) is 121 cm³/mol. The molecule has 0 atom stereocenters. The highest BCUT2D eigenvalue weighted by molar-refractivity contribution is 7.98. The second-order valence-electron chi connectivity index (χ2n) is 7.03. The van der Waals surface area contributed by atoms with Crippen LogP contribution < -0.4 is 0 Å². The third-order valence-electron chi connectivity index (χ3n) is 5.08. The minimum atomic E-state index is -0.256. The van der Waals surface area contributed by atoms with Gasteiger partial charge in [-0.25, -0.2) is 14.2 Å². The Morgan fingerprint density at radius 3 is 2.55 bits per heavy atom. The average molecular weight is 425 g/mol. The van der Waals surface area contributed by atoms with Crippen molar-refractivity contribution in [1.29, 1.82) is 0 Å². The van der Waals surface area contributed by atoms with Gasteiger partial charge in [0.2, 0.25) is 5.16 Å². The quantitative estimate of drug-likeness (QED) is 0.256. The second kappa shape index (κ2) is 8.17. The van der Waals surface area contributed by atoms with Gasteiger partial charge in [-0.05, 0) is 29.3 Å². The van der Waals surface area contributed by atoms with E-state index in [0.29, 0.717) is 23.1 Å². The molecule has 0 N–H and O–H groups in total. The summed E-state index contributed by atoms with van der Waals surface area (Å²) in [5, 5.41) is 10.3. The van der Waals surface area contributed by atoms with Gasteiger partial charge in [0.25, 0.3) is 0 Å². The van der Waals surface area contributed by atoms with E-state index in [4.69, 9.17) is 11.6 Å². The molecule has 150 valence electrons. The Labute approximate surface area is 182 Å². The zero-order valence-electron chi connectivity index (χ0n) is 16.4. The molecule has 5 rings (SSSR count). The van der Waals surface area contributed by atoms with E-state index in [-0.39, 0.29) is 5.82 Å². The van der Waals surface area contributed by atoms with E-state index in [1.807, 2.05) is 48.5 Å². The number of halogens is 1. The first-order valence-corrected chi connectivity index (χ1v) is 10.7. The number of aromatic nitrogens is 4. The summed E-state index contributed by atoms with van der Waals surface area (Å²) in [5.41, 5.74) is 5.03. The van der Waals surface area contributed by atoms with Crippen molar-refractivity contribution in [1.82, 2.24) is 19.7 Å². The van der Waals surface area contributed by atoms with E-state index < -0.39 is 0 Å². The highest BCUT2D eigenvalue weighted by Gasteiger charge is 2.15. The van der Waals surface area contributed by atoms with Crippen LogP contribution in [0.25, 0.3) is 26.9 Å². The maximum absolute atomic E-state index is 13.3. The minimum Gasteiger partial charge on any atom is -0.319 e. The van der Waals surface area contributed by atoms with Gasteiger partial charge in [-0.3, -0.25) is 0 Å².